The first kappa shape index (κ1) is 11.5. The van der Waals surface area contributed by atoms with Crippen molar-refractivity contribution in [1.29, 1.82) is 0 Å². The summed E-state index contributed by atoms with van der Waals surface area (Å²) in [5.74, 6) is 0.716. The standard InChI is InChI=1S/C11H16N2O2S/c14-11(10-7-16-8-13-10)12-4-1-5-15-6-9-2-3-9/h7-9H,1-6H2,(H,12,14). The Labute approximate surface area is 99.0 Å². The topological polar surface area (TPSA) is 51.2 Å². The molecule has 16 heavy (non-hydrogen) atoms. The molecule has 1 saturated carbocycles. The maximum absolute atomic E-state index is 11.4. The zero-order valence-electron chi connectivity index (χ0n) is 9.15. The molecule has 1 aromatic heterocycles. The van der Waals surface area contributed by atoms with Crippen molar-refractivity contribution in [3.8, 4) is 0 Å². The molecule has 1 N–H and O–H groups in total. The van der Waals surface area contributed by atoms with Crippen LogP contribution in [0.1, 0.15) is 29.8 Å². The van der Waals surface area contributed by atoms with Crippen LogP contribution in [0.3, 0.4) is 0 Å². The molecule has 2 rings (SSSR count). The lowest BCUT2D eigenvalue weighted by atomic mass is 10.4. The van der Waals surface area contributed by atoms with Crippen LogP contribution >= 0.6 is 11.3 Å². The summed E-state index contributed by atoms with van der Waals surface area (Å²) in [4.78, 5) is 15.4. The molecule has 1 aliphatic carbocycles. The first-order valence-corrected chi connectivity index (χ1v) is 6.54. The lowest BCUT2D eigenvalue weighted by Gasteiger charge is -2.04. The van der Waals surface area contributed by atoms with E-state index in [0.717, 1.165) is 25.6 Å². The molecule has 1 aromatic rings. The van der Waals surface area contributed by atoms with Crippen LogP contribution in [0.15, 0.2) is 10.9 Å². The predicted molar refractivity (Wildman–Crippen MR) is 62.6 cm³/mol. The fourth-order valence-electron chi connectivity index (χ4n) is 1.33. The highest BCUT2D eigenvalue weighted by atomic mass is 32.1. The summed E-state index contributed by atoms with van der Waals surface area (Å²) >= 11 is 1.43. The molecule has 4 nitrogen and oxygen atoms in total. The van der Waals surface area contributed by atoms with Gasteiger partial charge in [-0.1, -0.05) is 0 Å². The SMILES string of the molecule is O=C(NCCCOCC1CC1)c1cscn1. The predicted octanol–water partition coefficient (Wildman–Crippen LogP) is 1.69. The molecule has 0 unspecified atom stereocenters. The molecule has 0 spiro atoms. The molecule has 88 valence electrons. The maximum atomic E-state index is 11.4. The molecular formula is C11H16N2O2S. The Morgan fingerprint density at radius 3 is 3.19 bits per heavy atom. The molecule has 0 atom stereocenters. The number of carbonyl (C=O) groups excluding carboxylic acids is 1. The molecule has 5 heteroatoms. The van der Waals surface area contributed by atoms with E-state index in [1.165, 1.54) is 24.2 Å². The van der Waals surface area contributed by atoms with Crippen LogP contribution in [-0.4, -0.2) is 30.6 Å². The summed E-state index contributed by atoms with van der Waals surface area (Å²) in [7, 11) is 0. The van der Waals surface area contributed by atoms with Crippen molar-refractivity contribution in [1.82, 2.24) is 10.3 Å². The Bertz CT molecular complexity index is 323. The Hall–Kier alpha value is -0.940. The lowest BCUT2D eigenvalue weighted by molar-refractivity contribution is 0.0933. The number of thiazole rings is 1. The minimum absolute atomic E-state index is 0.0940. The van der Waals surface area contributed by atoms with Gasteiger partial charge in [0.15, 0.2) is 0 Å². The summed E-state index contributed by atoms with van der Waals surface area (Å²) in [6.45, 7) is 2.27. The largest absolute Gasteiger partial charge is 0.381 e. The van der Waals surface area contributed by atoms with E-state index in [2.05, 4.69) is 10.3 Å². The van der Waals surface area contributed by atoms with Crippen molar-refractivity contribution in [2.45, 2.75) is 19.3 Å². The Balaban J connectivity index is 1.49. The average molecular weight is 240 g/mol. The highest BCUT2D eigenvalue weighted by Gasteiger charge is 2.20. The van der Waals surface area contributed by atoms with Crippen LogP contribution in [0.5, 0.6) is 0 Å². The molecule has 1 heterocycles. The third-order valence-corrected chi connectivity index (χ3v) is 3.05. The normalized spacial score (nSPS) is 15.0. The van der Waals surface area contributed by atoms with Crippen molar-refractivity contribution in [3.05, 3.63) is 16.6 Å². The molecule has 0 aliphatic heterocycles. The quantitative estimate of drug-likeness (QED) is 0.738. The first-order chi connectivity index (χ1) is 7.86. The van der Waals surface area contributed by atoms with E-state index in [0.29, 0.717) is 12.2 Å². The first-order valence-electron chi connectivity index (χ1n) is 5.60. The van der Waals surface area contributed by atoms with Gasteiger partial charge in [-0.05, 0) is 25.2 Å². The Morgan fingerprint density at radius 1 is 1.62 bits per heavy atom. The fourth-order valence-corrected chi connectivity index (χ4v) is 1.86. The highest BCUT2D eigenvalue weighted by Crippen LogP contribution is 2.28. The van der Waals surface area contributed by atoms with Gasteiger partial charge >= 0.3 is 0 Å². The van der Waals surface area contributed by atoms with Crippen LogP contribution in [0.4, 0.5) is 0 Å². The summed E-state index contributed by atoms with van der Waals surface area (Å²) < 4.78 is 5.47. The fraction of sp³-hybridized carbons (Fsp3) is 0.636. The van der Waals surface area contributed by atoms with Gasteiger partial charge in [-0.25, -0.2) is 4.98 Å². The Kier molecular flexibility index (Phi) is 4.30. The van der Waals surface area contributed by atoms with E-state index in [4.69, 9.17) is 4.74 Å². The monoisotopic (exact) mass is 240 g/mol. The van der Waals surface area contributed by atoms with E-state index in [9.17, 15) is 4.79 Å². The van der Waals surface area contributed by atoms with Crippen LogP contribution in [0, 0.1) is 5.92 Å². The van der Waals surface area contributed by atoms with Crippen LogP contribution < -0.4 is 5.32 Å². The van der Waals surface area contributed by atoms with E-state index >= 15 is 0 Å². The van der Waals surface area contributed by atoms with Crippen molar-refractivity contribution < 1.29 is 9.53 Å². The van der Waals surface area contributed by atoms with Gasteiger partial charge in [-0.2, -0.15) is 0 Å². The summed E-state index contributed by atoms with van der Waals surface area (Å²) in [5, 5.41) is 4.56. The molecule has 1 fully saturated rings. The van der Waals surface area contributed by atoms with E-state index in [1.807, 2.05) is 0 Å². The number of carbonyl (C=O) groups is 1. The van der Waals surface area contributed by atoms with Crippen molar-refractivity contribution in [3.63, 3.8) is 0 Å². The van der Waals surface area contributed by atoms with Crippen molar-refractivity contribution >= 4 is 17.2 Å². The maximum Gasteiger partial charge on any atom is 0.270 e. The number of rotatable bonds is 7. The van der Waals surface area contributed by atoms with Gasteiger partial charge in [0.25, 0.3) is 5.91 Å². The number of hydrogen-bond donors (Lipinski definition) is 1. The van der Waals surface area contributed by atoms with Gasteiger partial charge in [0.05, 0.1) is 5.51 Å². The van der Waals surface area contributed by atoms with Gasteiger partial charge in [-0.3, -0.25) is 4.79 Å². The third kappa shape index (κ3) is 3.90. The van der Waals surface area contributed by atoms with Crippen LogP contribution in [-0.2, 0) is 4.74 Å². The third-order valence-electron chi connectivity index (χ3n) is 2.47. The second-order valence-electron chi connectivity index (χ2n) is 4.00. The number of nitrogens with zero attached hydrogens (tertiary/aromatic N) is 1. The number of aromatic nitrogens is 1. The van der Waals surface area contributed by atoms with E-state index < -0.39 is 0 Å². The second kappa shape index (κ2) is 5.96. The van der Waals surface area contributed by atoms with Gasteiger partial charge in [-0.15, -0.1) is 11.3 Å². The molecule has 0 aromatic carbocycles. The number of ether oxygens (including phenoxy) is 1. The summed E-state index contributed by atoms with van der Waals surface area (Å²) in [6.07, 6.45) is 3.50. The van der Waals surface area contributed by atoms with Gasteiger partial charge in [0.2, 0.25) is 0 Å². The molecule has 0 radical (unpaired) electrons. The zero-order valence-corrected chi connectivity index (χ0v) is 9.96. The van der Waals surface area contributed by atoms with Gasteiger partial charge in [0, 0.05) is 25.1 Å². The van der Waals surface area contributed by atoms with E-state index in [-0.39, 0.29) is 5.91 Å². The van der Waals surface area contributed by atoms with Crippen LogP contribution in [0.2, 0.25) is 0 Å². The number of hydrogen-bond acceptors (Lipinski definition) is 4. The molecule has 1 amide bonds. The van der Waals surface area contributed by atoms with Crippen molar-refractivity contribution in [2.75, 3.05) is 19.8 Å². The number of nitrogens with one attached hydrogen (secondary N) is 1. The molecular weight excluding hydrogens is 224 g/mol. The average Bonchev–Trinajstić information content (AvgIpc) is 2.95. The minimum Gasteiger partial charge on any atom is -0.381 e. The Morgan fingerprint density at radius 2 is 2.50 bits per heavy atom. The zero-order chi connectivity index (χ0) is 11.2. The highest BCUT2D eigenvalue weighted by molar-refractivity contribution is 7.07. The second-order valence-corrected chi connectivity index (χ2v) is 4.72. The lowest BCUT2D eigenvalue weighted by Crippen LogP contribution is -2.25. The molecule has 0 saturated heterocycles. The summed E-state index contributed by atoms with van der Waals surface area (Å²) in [6, 6.07) is 0. The van der Waals surface area contributed by atoms with Crippen LogP contribution in [0.25, 0.3) is 0 Å². The number of amides is 1. The summed E-state index contributed by atoms with van der Waals surface area (Å²) in [5.41, 5.74) is 2.16. The molecule has 1 aliphatic rings. The molecule has 0 bridgehead atoms. The minimum atomic E-state index is -0.0940. The van der Waals surface area contributed by atoms with Crippen molar-refractivity contribution in [2.24, 2.45) is 5.92 Å². The van der Waals surface area contributed by atoms with E-state index in [1.54, 1.807) is 10.9 Å². The smallest absolute Gasteiger partial charge is 0.270 e. The van der Waals surface area contributed by atoms with Gasteiger partial charge < -0.3 is 10.1 Å². The van der Waals surface area contributed by atoms with Gasteiger partial charge in [0.1, 0.15) is 5.69 Å².